The smallest absolute Gasteiger partial charge is 0.248 e. The van der Waals surface area contributed by atoms with Crippen molar-refractivity contribution in [3.8, 4) is 0 Å². The first-order valence-electron chi connectivity index (χ1n) is 9.03. The van der Waals surface area contributed by atoms with Crippen LogP contribution in [-0.2, 0) is 10.0 Å². The zero-order valence-corrected chi connectivity index (χ0v) is 17.4. The van der Waals surface area contributed by atoms with E-state index in [0.29, 0.717) is 9.92 Å². The summed E-state index contributed by atoms with van der Waals surface area (Å²) in [4.78, 5) is 0.304. The maximum Gasteiger partial charge on any atom is 0.265 e. The lowest BCUT2D eigenvalue weighted by molar-refractivity contribution is 0.440. The molecule has 0 bridgehead atoms. The first-order chi connectivity index (χ1) is 13.5. The Balaban J connectivity index is 1.96. The van der Waals surface area contributed by atoms with Crippen LogP contribution in [0.5, 0.6) is 0 Å². The van der Waals surface area contributed by atoms with Crippen molar-refractivity contribution in [2.75, 3.05) is 6.26 Å². The zero-order chi connectivity index (χ0) is 19.7. The Bertz CT molecular complexity index is 1120. The third-order valence-corrected chi connectivity index (χ3v) is 7.57. The van der Waals surface area contributed by atoms with Crippen LogP contribution in [0.3, 0.4) is 0 Å². The molecule has 0 fully saturated rings. The maximum absolute atomic E-state index is 13.7. The highest BCUT2D eigenvalue weighted by molar-refractivity contribution is 8.03. The Hall–Kier alpha value is -2.50. The van der Waals surface area contributed by atoms with E-state index in [1.807, 2.05) is 86.0 Å². The standard InChI is InChI=1S/C23H21NO2S2/c1-17-12-14-20(15-13-17)28(25,26)24-22(27-2)16-19-10-6-7-11-21(19)23(24)18-8-4-3-5-9-18/h3-16,23H,1-2H3/t23-/m1/s1. The van der Waals surface area contributed by atoms with E-state index in [-0.39, 0.29) is 0 Å². The van der Waals surface area contributed by atoms with Crippen molar-refractivity contribution in [1.29, 1.82) is 0 Å². The van der Waals surface area contributed by atoms with Gasteiger partial charge in [0.15, 0.2) is 0 Å². The van der Waals surface area contributed by atoms with Gasteiger partial charge in [-0.3, -0.25) is 0 Å². The lowest BCUT2D eigenvalue weighted by atomic mass is 9.92. The van der Waals surface area contributed by atoms with Gasteiger partial charge >= 0.3 is 0 Å². The molecule has 0 spiro atoms. The maximum atomic E-state index is 13.7. The molecule has 1 aliphatic rings. The molecule has 0 N–H and O–H groups in total. The molecule has 3 nitrogen and oxygen atoms in total. The molecular weight excluding hydrogens is 386 g/mol. The predicted octanol–water partition coefficient (Wildman–Crippen LogP) is 5.45. The quantitative estimate of drug-likeness (QED) is 0.577. The van der Waals surface area contributed by atoms with E-state index in [2.05, 4.69) is 0 Å². The number of sulfonamides is 1. The highest BCUT2D eigenvalue weighted by Gasteiger charge is 2.38. The number of nitrogens with zero attached hydrogens (tertiary/aromatic N) is 1. The summed E-state index contributed by atoms with van der Waals surface area (Å²) >= 11 is 1.45. The van der Waals surface area contributed by atoms with E-state index in [1.165, 1.54) is 11.8 Å². The summed E-state index contributed by atoms with van der Waals surface area (Å²) in [6, 6.07) is 24.5. The molecule has 1 aliphatic heterocycles. The van der Waals surface area contributed by atoms with Gasteiger partial charge in [0.2, 0.25) is 0 Å². The van der Waals surface area contributed by atoms with Gasteiger partial charge in [-0.15, -0.1) is 11.8 Å². The lowest BCUT2D eigenvalue weighted by Gasteiger charge is -2.38. The molecule has 0 saturated carbocycles. The molecule has 0 aliphatic carbocycles. The van der Waals surface area contributed by atoms with Crippen LogP contribution in [0, 0.1) is 6.92 Å². The Morgan fingerprint density at radius 1 is 0.857 bits per heavy atom. The minimum atomic E-state index is -3.74. The molecule has 28 heavy (non-hydrogen) atoms. The lowest BCUT2D eigenvalue weighted by Crippen LogP contribution is -2.36. The summed E-state index contributed by atoms with van der Waals surface area (Å²) < 4.78 is 29.0. The van der Waals surface area contributed by atoms with Crippen LogP contribution >= 0.6 is 11.8 Å². The monoisotopic (exact) mass is 407 g/mol. The number of rotatable bonds is 4. The van der Waals surface area contributed by atoms with Crippen molar-refractivity contribution < 1.29 is 8.42 Å². The average Bonchev–Trinajstić information content (AvgIpc) is 2.73. The van der Waals surface area contributed by atoms with Gasteiger partial charge in [-0.05, 0) is 48.1 Å². The van der Waals surface area contributed by atoms with E-state index in [0.717, 1.165) is 22.3 Å². The van der Waals surface area contributed by atoms with E-state index in [4.69, 9.17) is 0 Å². The second kappa shape index (κ2) is 7.49. The largest absolute Gasteiger partial charge is 0.265 e. The highest BCUT2D eigenvalue weighted by atomic mass is 32.2. The van der Waals surface area contributed by atoms with Gasteiger partial charge in [0, 0.05) is 0 Å². The normalized spacial score (nSPS) is 16.4. The first kappa shape index (κ1) is 18.8. The van der Waals surface area contributed by atoms with Crippen molar-refractivity contribution in [1.82, 2.24) is 4.31 Å². The van der Waals surface area contributed by atoms with Crippen LogP contribution in [0.1, 0.15) is 28.3 Å². The molecule has 4 rings (SSSR count). The third-order valence-electron chi connectivity index (χ3n) is 4.92. The molecule has 3 aromatic carbocycles. The Kier molecular flexibility index (Phi) is 5.04. The van der Waals surface area contributed by atoms with Crippen molar-refractivity contribution in [2.45, 2.75) is 17.9 Å². The van der Waals surface area contributed by atoms with Crippen molar-refractivity contribution in [2.24, 2.45) is 0 Å². The highest BCUT2D eigenvalue weighted by Crippen LogP contribution is 2.44. The van der Waals surface area contributed by atoms with Gasteiger partial charge in [-0.25, -0.2) is 12.7 Å². The molecule has 0 radical (unpaired) electrons. The third kappa shape index (κ3) is 3.25. The number of hydrogen-bond donors (Lipinski definition) is 0. The zero-order valence-electron chi connectivity index (χ0n) is 15.7. The van der Waals surface area contributed by atoms with E-state index in [9.17, 15) is 8.42 Å². The fraction of sp³-hybridized carbons (Fsp3) is 0.130. The minimum Gasteiger partial charge on any atom is -0.248 e. The van der Waals surface area contributed by atoms with Crippen molar-refractivity contribution in [3.05, 3.63) is 106 Å². The molecule has 0 unspecified atom stereocenters. The second-order valence-electron chi connectivity index (χ2n) is 6.74. The van der Waals surface area contributed by atoms with Crippen molar-refractivity contribution in [3.63, 3.8) is 0 Å². The SMILES string of the molecule is CSC1=Cc2ccccc2[C@@H](c2ccccc2)N1S(=O)(=O)c1ccc(C)cc1. The first-order valence-corrected chi connectivity index (χ1v) is 11.7. The van der Waals surface area contributed by atoms with Gasteiger partial charge in [0.1, 0.15) is 0 Å². The Morgan fingerprint density at radius 2 is 1.50 bits per heavy atom. The fourth-order valence-electron chi connectivity index (χ4n) is 3.52. The van der Waals surface area contributed by atoms with Gasteiger partial charge < -0.3 is 0 Å². The molecule has 1 atom stereocenters. The second-order valence-corrected chi connectivity index (χ2v) is 9.38. The van der Waals surface area contributed by atoms with Gasteiger partial charge in [0.05, 0.1) is 16.0 Å². The van der Waals surface area contributed by atoms with E-state index >= 15 is 0 Å². The summed E-state index contributed by atoms with van der Waals surface area (Å²) in [7, 11) is -3.74. The summed E-state index contributed by atoms with van der Waals surface area (Å²) in [5.74, 6) is 0. The number of benzene rings is 3. The molecule has 0 amide bonds. The van der Waals surface area contributed by atoms with E-state index in [1.54, 1.807) is 16.4 Å². The summed E-state index contributed by atoms with van der Waals surface area (Å²) in [5, 5.41) is 0.716. The average molecular weight is 408 g/mol. The van der Waals surface area contributed by atoms with Crippen LogP contribution in [-0.4, -0.2) is 19.0 Å². The van der Waals surface area contributed by atoms with Crippen LogP contribution in [0.2, 0.25) is 0 Å². The van der Waals surface area contributed by atoms with Gasteiger partial charge in [0.25, 0.3) is 10.0 Å². The summed E-state index contributed by atoms with van der Waals surface area (Å²) in [6.45, 7) is 1.95. The van der Waals surface area contributed by atoms with Crippen LogP contribution in [0.4, 0.5) is 0 Å². The number of aryl methyl sites for hydroxylation is 1. The summed E-state index contributed by atoms with van der Waals surface area (Å²) in [6.07, 6.45) is 3.88. The summed E-state index contributed by atoms with van der Waals surface area (Å²) in [5.41, 5.74) is 4.02. The van der Waals surface area contributed by atoms with Crippen molar-refractivity contribution >= 4 is 27.9 Å². The molecule has 0 saturated heterocycles. The fourth-order valence-corrected chi connectivity index (χ4v) is 6.08. The Labute approximate surface area is 170 Å². The number of thioether (sulfide) groups is 1. The van der Waals surface area contributed by atoms with Crippen LogP contribution in [0.25, 0.3) is 6.08 Å². The molecule has 0 aromatic heterocycles. The minimum absolute atomic E-state index is 0.304. The molecular formula is C23H21NO2S2. The van der Waals surface area contributed by atoms with Crippen LogP contribution < -0.4 is 0 Å². The predicted molar refractivity (Wildman–Crippen MR) is 116 cm³/mol. The van der Waals surface area contributed by atoms with Gasteiger partial charge in [-0.1, -0.05) is 72.3 Å². The molecule has 5 heteroatoms. The number of fused-ring (bicyclic) bond motifs is 1. The number of hydrogen-bond acceptors (Lipinski definition) is 3. The molecule has 142 valence electrons. The molecule has 3 aromatic rings. The van der Waals surface area contributed by atoms with Crippen LogP contribution in [0.15, 0.2) is 88.8 Å². The van der Waals surface area contributed by atoms with E-state index < -0.39 is 16.1 Å². The topological polar surface area (TPSA) is 37.4 Å². The molecule has 1 heterocycles. The van der Waals surface area contributed by atoms with Gasteiger partial charge in [-0.2, -0.15) is 0 Å². The Morgan fingerprint density at radius 3 is 2.18 bits per heavy atom.